The molecule has 2 aromatic carbocycles. The number of hydrogen-bond donors (Lipinski definition) is 0. The van der Waals surface area contributed by atoms with Crippen LogP contribution in [0.15, 0.2) is 36.4 Å². The largest absolute Gasteiger partial charge is 0.206 e. The van der Waals surface area contributed by atoms with E-state index in [1.807, 2.05) is 38.1 Å². The minimum Gasteiger partial charge on any atom is -0.206 e. The van der Waals surface area contributed by atoms with Gasteiger partial charge in [-0.1, -0.05) is 23.8 Å². The maximum Gasteiger partial charge on any atom is 0.139 e. The molecule has 0 saturated carbocycles. The van der Waals surface area contributed by atoms with E-state index >= 15 is 0 Å². The minimum atomic E-state index is -0.287. The van der Waals surface area contributed by atoms with E-state index in [0.29, 0.717) is 5.56 Å². The number of aryl methyl sites for hydroxylation is 2. The lowest BCUT2D eigenvalue weighted by Crippen LogP contribution is -1.87. The minimum absolute atomic E-state index is 0.287. The molecule has 0 nitrogen and oxygen atoms in total. The molecule has 1 heteroatoms. The zero-order valence-corrected chi connectivity index (χ0v) is 10.9. The highest BCUT2D eigenvalue weighted by Crippen LogP contribution is 2.11. The van der Waals surface area contributed by atoms with Gasteiger partial charge in [0.15, 0.2) is 0 Å². The van der Waals surface area contributed by atoms with E-state index in [4.69, 9.17) is 6.42 Å². The molecule has 0 heterocycles. The monoisotopic (exact) mass is 248 g/mol. The van der Waals surface area contributed by atoms with Crippen molar-refractivity contribution in [2.45, 2.75) is 13.8 Å². The van der Waals surface area contributed by atoms with Crippen LogP contribution in [0, 0.1) is 43.8 Å². The van der Waals surface area contributed by atoms with Crippen LogP contribution in [0.5, 0.6) is 0 Å². The fourth-order valence-electron chi connectivity index (χ4n) is 1.75. The molecule has 0 radical (unpaired) electrons. The average molecular weight is 248 g/mol. The molecular weight excluding hydrogens is 235 g/mol. The molecule has 2 aromatic rings. The summed E-state index contributed by atoms with van der Waals surface area (Å²) in [6.07, 6.45) is 5.33. The van der Waals surface area contributed by atoms with E-state index in [1.165, 1.54) is 6.07 Å². The zero-order chi connectivity index (χ0) is 13.8. The SMILES string of the molecule is C#Cc1ccc(C#Cc2ccc(C)cc2F)c(C)c1. The highest BCUT2D eigenvalue weighted by atomic mass is 19.1. The first kappa shape index (κ1) is 12.9. The Morgan fingerprint density at radius 1 is 0.947 bits per heavy atom. The fourth-order valence-corrected chi connectivity index (χ4v) is 1.75. The van der Waals surface area contributed by atoms with Crippen LogP contribution in [0.1, 0.15) is 27.8 Å². The van der Waals surface area contributed by atoms with Crippen LogP contribution in [0.3, 0.4) is 0 Å². The Bertz CT molecular complexity index is 722. The van der Waals surface area contributed by atoms with Gasteiger partial charge in [0.25, 0.3) is 0 Å². The van der Waals surface area contributed by atoms with E-state index < -0.39 is 0 Å². The van der Waals surface area contributed by atoms with Gasteiger partial charge in [-0.05, 0) is 55.3 Å². The molecule has 0 fully saturated rings. The smallest absolute Gasteiger partial charge is 0.139 e. The summed E-state index contributed by atoms with van der Waals surface area (Å²) < 4.78 is 13.6. The van der Waals surface area contributed by atoms with Crippen molar-refractivity contribution in [3.63, 3.8) is 0 Å². The van der Waals surface area contributed by atoms with Crippen LogP contribution < -0.4 is 0 Å². The van der Waals surface area contributed by atoms with Gasteiger partial charge in [0.1, 0.15) is 5.82 Å². The van der Waals surface area contributed by atoms with E-state index in [-0.39, 0.29) is 5.82 Å². The zero-order valence-electron chi connectivity index (χ0n) is 10.9. The highest BCUT2D eigenvalue weighted by molar-refractivity contribution is 5.50. The Hall–Kier alpha value is -2.51. The van der Waals surface area contributed by atoms with Gasteiger partial charge in [-0.2, -0.15) is 0 Å². The lowest BCUT2D eigenvalue weighted by atomic mass is 10.0. The van der Waals surface area contributed by atoms with Gasteiger partial charge in [-0.3, -0.25) is 0 Å². The molecule has 0 spiro atoms. The molecule has 0 N–H and O–H groups in total. The molecule has 92 valence electrons. The Morgan fingerprint density at radius 2 is 1.63 bits per heavy atom. The second-order valence-corrected chi connectivity index (χ2v) is 4.41. The van der Waals surface area contributed by atoms with Gasteiger partial charge < -0.3 is 0 Å². The molecular formula is C18H13F. The molecule has 0 atom stereocenters. The van der Waals surface area contributed by atoms with Gasteiger partial charge in [0.2, 0.25) is 0 Å². The summed E-state index contributed by atoms with van der Waals surface area (Å²) in [4.78, 5) is 0. The molecule has 19 heavy (non-hydrogen) atoms. The first-order chi connectivity index (χ1) is 9.10. The van der Waals surface area contributed by atoms with E-state index in [2.05, 4.69) is 17.8 Å². The van der Waals surface area contributed by atoms with Crippen molar-refractivity contribution in [2.75, 3.05) is 0 Å². The van der Waals surface area contributed by atoms with E-state index in [1.54, 1.807) is 6.07 Å². The summed E-state index contributed by atoms with van der Waals surface area (Å²) in [5.41, 5.74) is 3.97. The van der Waals surface area contributed by atoms with Crippen LogP contribution in [0.4, 0.5) is 4.39 Å². The van der Waals surface area contributed by atoms with Crippen LogP contribution in [0.2, 0.25) is 0 Å². The molecule has 0 amide bonds. The summed E-state index contributed by atoms with van der Waals surface area (Å²) in [7, 11) is 0. The highest BCUT2D eigenvalue weighted by Gasteiger charge is 1.99. The van der Waals surface area contributed by atoms with E-state index in [9.17, 15) is 4.39 Å². The van der Waals surface area contributed by atoms with Crippen LogP contribution in [-0.4, -0.2) is 0 Å². The lowest BCUT2D eigenvalue weighted by molar-refractivity contribution is 0.623. The molecule has 0 aromatic heterocycles. The van der Waals surface area contributed by atoms with Gasteiger partial charge in [-0.25, -0.2) is 4.39 Å². The van der Waals surface area contributed by atoms with Crippen molar-refractivity contribution in [2.24, 2.45) is 0 Å². The van der Waals surface area contributed by atoms with E-state index in [0.717, 1.165) is 22.3 Å². The Morgan fingerprint density at radius 3 is 2.26 bits per heavy atom. The summed E-state index contributed by atoms with van der Waals surface area (Å²) in [5, 5.41) is 0. The third-order valence-electron chi connectivity index (χ3n) is 2.85. The van der Waals surface area contributed by atoms with Crippen molar-refractivity contribution in [1.82, 2.24) is 0 Å². The van der Waals surface area contributed by atoms with Crippen molar-refractivity contribution >= 4 is 0 Å². The predicted octanol–water partition coefficient (Wildman–Crippen LogP) is 3.82. The number of terminal acetylenes is 1. The van der Waals surface area contributed by atoms with Crippen molar-refractivity contribution in [1.29, 1.82) is 0 Å². The maximum absolute atomic E-state index is 13.6. The third kappa shape index (κ3) is 3.03. The maximum atomic E-state index is 13.6. The topological polar surface area (TPSA) is 0 Å². The number of rotatable bonds is 0. The van der Waals surface area contributed by atoms with Crippen molar-refractivity contribution in [3.05, 3.63) is 70.0 Å². The second kappa shape index (κ2) is 5.42. The standard InChI is InChI=1S/C18H13F/c1-4-15-6-8-16(14(3)12-15)9-10-17-7-5-13(2)11-18(17)19/h1,5-8,11-12H,2-3H3. The van der Waals surface area contributed by atoms with Crippen LogP contribution in [-0.2, 0) is 0 Å². The van der Waals surface area contributed by atoms with Gasteiger partial charge in [-0.15, -0.1) is 6.42 Å². The molecule has 2 rings (SSSR count). The molecule has 0 aliphatic carbocycles. The molecule has 0 unspecified atom stereocenters. The van der Waals surface area contributed by atoms with Crippen molar-refractivity contribution < 1.29 is 4.39 Å². The summed E-state index contributed by atoms with van der Waals surface area (Å²) >= 11 is 0. The first-order valence-corrected chi connectivity index (χ1v) is 5.95. The second-order valence-electron chi connectivity index (χ2n) is 4.41. The Kier molecular flexibility index (Phi) is 3.69. The van der Waals surface area contributed by atoms with Crippen LogP contribution in [0.25, 0.3) is 0 Å². The average Bonchev–Trinajstić information content (AvgIpc) is 2.39. The number of halogens is 1. The number of benzene rings is 2. The summed E-state index contributed by atoms with van der Waals surface area (Å²) in [6.45, 7) is 3.79. The van der Waals surface area contributed by atoms with Crippen LogP contribution >= 0.6 is 0 Å². The Labute approximate surface area is 113 Å². The van der Waals surface area contributed by atoms with Gasteiger partial charge in [0.05, 0.1) is 5.56 Å². The molecule has 0 bridgehead atoms. The molecule has 0 aliphatic heterocycles. The normalized spacial score (nSPS) is 9.37. The Balaban J connectivity index is 2.37. The van der Waals surface area contributed by atoms with Gasteiger partial charge >= 0.3 is 0 Å². The third-order valence-corrected chi connectivity index (χ3v) is 2.85. The summed E-state index contributed by atoms with van der Waals surface area (Å²) in [6, 6.07) is 10.6. The summed E-state index contributed by atoms with van der Waals surface area (Å²) in [5.74, 6) is 8.13. The fraction of sp³-hybridized carbons (Fsp3) is 0.111. The quantitative estimate of drug-likeness (QED) is 0.622. The number of hydrogen-bond acceptors (Lipinski definition) is 0. The van der Waals surface area contributed by atoms with Crippen molar-refractivity contribution in [3.8, 4) is 24.2 Å². The molecule has 0 saturated heterocycles. The van der Waals surface area contributed by atoms with Gasteiger partial charge in [0, 0.05) is 11.1 Å². The molecule has 0 aliphatic rings. The predicted molar refractivity (Wildman–Crippen MR) is 76.2 cm³/mol. The lowest BCUT2D eigenvalue weighted by Gasteiger charge is -1.99. The first-order valence-electron chi connectivity index (χ1n) is 5.95.